The van der Waals surface area contributed by atoms with Crippen molar-refractivity contribution in [2.45, 2.75) is 19.8 Å². The Hall–Kier alpha value is -1.25. The molecule has 0 saturated carbocycles. The van der Waals surface area contributed by atoms with Gasteiger partial charge in [0.05, 0.1) is 0 Å². The number of halogens is 2. The lowest BCUT2D eigenvalue weighted by molar-refractivity contribution is 0.0974. The van der Waals surface area contributed by atoms with Crippen LogP contribution in [0.5, 0.6) is 0 Å². The van der Waals surface area contributed by atoms with Crippen LogP contribution in [0.3, 0.4) is 0 Å². The molecule has 0 unspecified atom stereocenters. The molecule has 0 saturated heterocycles. The third-order valence-electron chi connectivity index (χ3n) is 1.82. The van der Waals surface area contributed by atoms with Gasteiger partial charge in [0, 0.05) is 17.5 Å². The summed E-state index contributed by atoms with van der Waals surface area (Å²) < 4.78 is 24.7. The molecule has 0 heterocycles. The van der Waals surface area contributed by atoms with Crippen LogP contribution in [0, 0.1) is 0 Å². The van der Waals surface area contributed by atoms with E-state index in [1.807, 2.05) is 0 Å². The van der Waals surface area contributed by atoms with Crippen LogP contribution in [0.25, 0.3) is 0 Å². The van der Waals surface area contributed by atoms with E-state index in [4.69, 9.17) is 0 Å². The third kappa shape index (κ3) is 2.11. The van der Waals surface area contributed by atoms with E-state index in [-0.39, 0.29) is 23.3 Å². The normalized spacial score (nSPS) is 10.5. The maximum atomic E-state index is 12.4. The van der Waals surface area contributed by atoms with Crippen molar-refractivity contribution in [3.05, 3.63) is 35.4 Å². The van der Waals surface area contributed by atoms with Crippen molar-refractivity contribution < 1.29 is 13.6 Å². The van der Waals surface area contributed by atoms with Gasteiger partial charge in [0.1, 0.15) is 0 Å². The summed E-state index contributed by atoms with van der Waals surface area (Å²) in [5.74, 6) is -0.240. The van der Waals surface area contributed by atoms with Gasteiger partial charge in [-0.3, -0.25) is 4.79 Å². The van der Waals surface area contributed by atoms with Crippen molar-refractivity contribution in [1.29, 1.82) is 0 Å². The second-order valence-corrected chi connectivity index (χ2v) is 2.66. The Morgan fingerprint density at radius 1 is 1.38 bits per heavy atom. The number of carbonyl (C=O) groups is 1. The van der Waals surface area contributed by atoms with Crippen LogP contribution in [0.4, 0.5) is 8.78 Å². The number of rotatable bonds is 3. The summed E-state index contributed by atoms with van der Waals surface area (Å²) in [5, 5.41) is 0. The fraction of sp³-hybridized carbons (Fsp3) is 0.300. The monoisotopic (exact) mass is 184 g/mol. The standard InChI is InChI=1S/C10H10F2O/c1-2-9(13)7-5-3-4-6-8(7)10(11)12/h3-6,10H,2H2,1H3. The third-order valence-corrected chi connectivity index (χ3v) is 1.82. The van der Waals surface area contributed by atoms with Crippen LogP contribution in [0.1, 0.15) is 35.7 Å². The summed E-state index contributed by atoms with van der Waals surface area (Å²) in [6, 6.07) is 5.82. The molecule has 13 heavy (non-hydrogen) atoms. The molecule has 1 aromatic rings. The fourth-order valence-corrected chi connectivity index (χ4v) is 1.13. The first-order valence-corrected chi connectivity index (χ1v) is 4.07. The van der Waals surface area contributed by atoms with Crippen molar-refractivity contribution in [3.8, 4) is 0 Å². The Bertz CT molecular complexity index is 308. The first-order valence-electron chi connectivity index (χ1n) is 4.07. The van der Waals surface area contributed by atoms with Gasteiger partial charge in [0.25, 0.3) is 6.43 Å². The molecular weight excluding hydrogens is 174 g/mol. The Balaban J connectivity index is 3.12. The van der Waals surface area contributed by atoms with E-state index < -0.39 is 6.43 Å². The van der Waals surface area contributed by atoms with Crippen molar-refractivity contribution in [2.24, 2.45) is 0 Å². The van der Waals surface area contributed by atoms with E-state index in [0.29, 0.717) is 0 Å². The summed E-state index contributed by atoms with van der Waals surface area (Å²) in [6.07, 6.45) is -2.32. The quantitative estimate of drug-likeness (QED) is 0.659. The van der Waals surface area contributed by atoms with Gasteiger partial charge in [-0.15, -0.1) is 0 Å². The maximum absolute atomic E-state index is 12.4. The Labute approximate surface area is 75.4 Å². The first-order chi connectivity index (χ1) is 6.16. The van der Waals surface area contributed by atoms with Gasteiger partial charge in [0.15, 0.2) is 5.78 Å². The van der Waals surface area contributed by atoms with Crippen LogP contribution in [0.2, 0.25) is 0 Å². The Morgan fingerprint density at radius 3 is 2.54 bits per heavy atom. The number of benzene rings is 1. The predicted molar refractivity (Wildman–Crippen MR) is 46.0 cm³/mol. The van der Waals surface area contributed by atoms with Crippen LogP contribution in [0.15, 0.2) is 24.3 Å². The fourth-order valence-electron chi connectivity index (χ4n) is 1.13. The maximum Gasteiger partial charge on any atom is 0.264 e. The lowest BCUT2D eigenvalue weighted by atomic mass is 10.0. The summed E-state index contributed by atoms with van der Waals surface area (Å²) >= 11 is 0. The molecule has 70 valence electrons. The number of hydrogen-bond donors (Lipinski definition) is 0. The first kappa shape index (κ1) is 9.84. The van der Waals surface area contributed by atoms with E-state index in [1.165, 1.54) is 18.2 Å². The molecule has 0 fully saturated rings. The largest absolute Gasteiger partial charge is 0.294 e. The zero-order chi connectivity index (χ0) is 9.84. The molecule has 0 N–H and O–H groups in total. The van der Waals surface area contributed by atoms with Gasteiger partial charge >= 0.3 is 0 Å². The van der Waals surface area contributed by atoms with Crippen LogP contribution in [-0.4, -0.2) is 5.78 Å². The summed E-state index contributed by atoms with van der Waals surface area (Å²) in [5.41, 5.74) is -0.0330. The molecule has 0 aliphatic heterocycles. The highest BCUT2D eigenvalue weighted by atomic mass is 19.3. The second kappa shape index (κ2) is 4.12. The van der Waals surface area contributed by atoms with Gasteiger partial charge in [-0.25, -0.2) is 8.78 Å². The molecular formula is C10H10F2O. The highest BCUT2D eigenvalue weighted by Crippen LogP contribution is 2.23. The number of hydrogen-bond acceptors (Lipinski definition) is 1. The Morgan fingerprint density at radius 2 is 2.00 bits per heavy atom. The average Bonchev–Trinajstić information content (AvgIpc) is 2.16. The average molecular weight is 184 g/mol. The predicted octanol–water partition coefficient (Wildman–Crippen LogP) is 3.22. The molecule has 0 atom stereocenters. The van der Waals surface area contributed by atoms with Gasteiger partial charge in [-0.1, -0.05) is 31.2 Å². The van der Waals surface area contributed by atoms with Gasteiger partial charge in [0.2, 0.25) is 0 Å². The van der Waals surface area contributed by atoms with E-state index in [9.17, 15) is 13.6 Å². The number of carbonyl (C=O) groups excluding carboxylic acids is 1. The zero-order valence-electron chi connectivity index (χ0n) is 7.26. The lowest BCUT2D eigenvalue weighted by Gasteiger charge is -2.05. The van der Waals surface area contributed by atoms with E-state index >= 15 is 0 Å². The second-order valence-electron chi connectivity index (χ2n) is 2.66. The molecule has 1 aromatic carbocycles. The number of ketones is 1. The highest BCUT2D eigenvalue weighted by Gasteiger charge is 2.15. The van der Waals surface area contributed by atoms with Gasteiger partial charge < -0.3 is 0 Å². The number of alkyl halides is 2. The SMILES string of the molecule is CCC(=O)c1ccccc1C(F)F. The number of Topliss-reactive ketones (excluding diaryl/α,β-unsaturated/α-hetero) is 1. The molecule has 1 rings (SSSR count). The Kier molecular flexibility index (Phi) is 3.12. The van der Waals surface area contributed by atoms with Crippen LogP contribution < -0.4 is 0 Å². The lowest BCUT2D eigenvalue weighted by Crippen LogP contribution is -2.02. The van der Waals surface area contributed by atoms with Gasteiger partial charge in [-0.2, -0.15) is 0 Å². The smallest absolute Gasteiger partial charge is 0.264 e. The van der Waals surface area contributed by atoms with Crippen molar-refractivity contribution >= 4 is 5.78 Å². The molecule has 0 amide bonds. The molecule has 0 aromatic heterocycles. The van der Waals surface area contributed by atoms with E-state index in [0.717, 1.165) is 0 Å². The van der Waals surface area contributed by atoms with E-state index in [2.05, 4.69) is 0 Å². The van der Waals surface area contributed by atoms with E-state index in [1.54, 1.807) is 13.0 Å². The minimum atomic E-state index is -2.58. The summed E-state index contributed by atoms with van der Waals surface area (Å²) in [4.78, 5) is 11.2. The summed E-state index contributed by atoms with van der Waals surface area (Å²) in [7, 11) is 0. The molecule has 3 heteroatoms. The molecule has 0 bridgehead atoms. The molecule has 0 aliphatic rings. The van der Waals surface area contributed by atoms with Gasteiger partial charge in [-0.05, 0) is 0 Å². The topological polar surface area (TPSA) is 17.1 Å². The molecule has 0 aliphatic carbocycles. The van der Waals surface area contributed by atoms with Crippen LogP contribution in [-0.2, 0) is 0 Å². The highest BCUT2D eigenvalue weighted by molar-refractivity contribution is 5.97. The van der Waals surface area contributed by atoms with Crippen molar-refractivity contribution in [1.82, 2.24) is 0 Å². The van der Waals surface area contributed by atoms with Crippen molar-refractivity contribution in [3.63, 3.8) is 0 Å². The minimum Gasteiger partial charge on any atom is -0.294 e. The van der Waals surface area contributed by atoms with Crippen molar-refractivity contribution in [2.75, 3.05) is 0 Å². The molecule has 0 radical (unpaired) electrons. The minimum absolute atomic E-state index is 0.139. The summed E-state index contributed by atoms with van der Waals surface area (Å²) in [6.45, 7) is 1.66. The molecule has 1 nitrogen and oxygen atoms in total. The molecule has 0 spiro atoms. The zero-order valence-corrected chi connectivity index (χ0v) is 7.26. The van der Waals surface area contributed by atoms with Crippen LogP contribution >= 0.6 is 0 Å².